The number of carboxylic acids is 2. The van der Waals surface area contributed by atoms with Crippen LogP contribution in [0.25, 0.3) is 0 Å². The molecule has 0 bridgehead atoms. The number of carboxylic acid groups (broad SMARTS) is 2. The second-order valence-electron chi connectivity index (χ2n) is 5.38. The van der Waals surface area contributed by atoms with E-state index in [9.17, 15) is 24.3 Å². The maximum Gasteiger partial charge on any atom is 1.00 e. The fourth-order valence-corrected chi connectivity index (χ4v) is 1.78. The maximum absolute atomic E-state index is 11.2. The van der Waals surface area contributed by atoms with Crippen molar-refractivity contribution < 1.29 is 58.9 Å². The van der Waals surface area contributed by atoms with Gasteiger partial charge in [-0.25, -0.2) is 0 Å². The second kappa shape index (κ2) is 13.2. The molecule has 0 atom stereocenters. The molecule has 0 fully saturated rings. The van der Waals surface area contributed by atoms with E-state index in [2.05, 4.69) is 10.6 Å². The predicted molar refractivity (Wildman–Crippen MR) is 99.0 cm³/mol. The number of carbonyl (C=O) groups is 4. The molecular formula is C18H19N4NaO6. The van der Waals surface area contributed by atoms with E-state index < -0.39 is 30.3 Å². The molecule has 0 heterocycles. The number of carbonyl (C=O) groups excluding carboxylic acids is 3. The van der Waals surface area contributed by atoms with Gasteiger partial charge < -0.3 is 37.1 Å². The number of hydrogen-bond acceptors (Lipinski definition) is 7. The van der Waals surface area contributed by atoms with Crippen molar-refractivity contribution in [3.8, 4) is 0 Å². The zero-order chi connectivity index (χ0) is 21.1. The Morgan fingerprint density at radius 2 is 1.10 bits per heavy atom. The van der Waals surface area contributed by atoms with Crippen molar-refractivity contribution in [3.05, 3.63) is 59.7 Å². The molecule has 2 aromatic carbocycles. The zero-order valence-electron chi connectivity index (χ0n) is 15.7. The first-order chi connectivity index (χ1) is 13.2. The summed E-state index contributed by atoms with van der Waals surface area (Å²) in [5.74, 6) is -3.29. The van der Waals surface area contributed by atoms with Gasteiger partial charge in [-0.3, -0.25) is 14.4 Å². The van der Waals surface area contributed by atoms with Crippen LogP contribution >= 0.6 is 0 Å². The van der Waals surface area contributed by atoms with E-state index >= 15 is 0 Å². The second-order valence-corrected chi connectivity index (χ2v) is 5.38. The first-order valence-corrected chi connectivity index (χ1v) is 7.88. The Morgan fingerprint density at radius 1 is 0.759 bits per heavy atom. The number of nitrogen functional groups attached to an aromatic ring is 2. The summed E-state index contributed by atoms with van der Waals surface area (Å²) in [4.78, 5) is 42.7. The van der Waals surface area contributed by atoms with Gasteiger partial charge >= 0.3 is 35.5 Å². The van der Waals surface area contributed by atoms with E-state index in [-0.39, 0.29) is 36.1 Å². The molecule has 0 saturated heterocycles. The minimum atomic E-state index is -1.33. The number of hydrogen-bond donors (Lipinski definition) is 5. The average molecular weight is 410 g/mol. The number of benzene rings is 2. The standard InChI is InChI=1S/2C9H10N2O3.Na/c2*10-7-3-1-6(2-4-7)9(14)11-5-8(12)13;/h2*1-4H,5,10H2,(H,11,14)(H,12,13);/q;;+1/p-1. The van der Waals surface area contributed by atoms with Gasteiger partial charge in [-0.2, -0.15) is 0 Å². The van der Waals surface area contributed by atoms with Crippen molar-refractivity contribution in [1.29, 1.82) is 0 Å². The smallest absolute Gasteiger partial charge is 0.548 e. The Bertz CT molecular complexity index is 769. The molecular weight excluding hydrogens is 391 g/mol. The van der Waals surface area contributed by atoms with Gasteiger partial charge in [-0.05, 0) is 48.5 Å². The van der Waals surface area contributed by atoms with Crippen LogP contribution in [0.2, 0.25) is 0 Å². The summed E-state index contributed by atoms with van der Waals surface area (Å²) in [7, 11) is 0. The third-order valence-corrected chi connectivity index (χ3v) is 3.14. The summed E-state index contributed by atoms with van der Waals surface area (Å²) in [6.45, 7) is -0.883. The van der Waals surface area contributed by atoms with Crippen LogP contribution in [0.4, 0.5) is 11.4 Å². The summed E-state index contributed by atoms with van der Waals surface area (Å²) < 4.78 is 0. The minimum Gasteiger partial charge on any atom is -0.548 e. The number of nitrogens with one attached hydrogen (secondary N) is 2. The Labute approximate surface area is 188 Å². The molecule has 0 aliphatic rings. The van der Waals surface area contributed by atoms with Crippen molar-refractivity contribution in [3.63, 3.8) is 0 Å². The van der Waals surface area contributed by atoms with Gasteiger partial charge in [0.2, 0.25) is 0 Å². The van der Waals surface area contributed by atoms with Crippen LogP contribution in [0.1, 0.15) is 20.7 Å². The molecule has 0 radical (unpaired) electrons. The minimum absolute atomic E-state index is 0. The van der Waals surface area contributed by atoms with E-state index in [1.807, 2.05) is 0 Å². The van der Waals surface area contributed by atoms with Crippen LogP contribution in [0.3, 0.4) is 0 Å². The number of amides is 2. The van der Waals surface area contributed by atoms with Crippen LogP contribution in [0.15, 0.2) is 48.5 Å². The van der Waals surface area contributed by atoms with E-state index in [1.165, 1.54) is 24.3 Å². The van der Waals surface area contributed by atoms with Crippen LogP contribution in [0, 0.1) is 0 Å². The topological polar surface area (TPSA) is 188 Å². The number of rotatable bonds is 6. The third kappa shape index (κ3) is 10.7. The Hall–Kier alpha value is -3.08. The Kier molecular flexibility index (Phi) is 11.8. The van der Waals surface area contributed by atoms with Crippen LogP contribution < -0.4 is 56.8 Å². The molecule has 2 aromatic rings. The molecule has 7 N–H and O–H groups in total. The molecule has 0 unspecified atom stereocenters. The van der Waals surface area contributed by atoms with Gasteiger partial charge in [0.15, 0.2) is 0 Å². The summed E-state index contributed by atoms with van der Waals surface area (Å²) in [6.07, 6.45) is 0. The SMILES string of the molecule is Nc1ccc(C(=O)NCC(=O)O)cc1.Nc1ccc(C(=O)NCC(=O)[O-])cc1.[Na+]. The summed E-state index contributed by atoms with van der Waals surface area (Å²) >= 11 is 0. The molecule has 148 valence electrons. The van der Waals surface area contributed by atoms with E-state index in [4.69, 9.17) is 16.6 Å². The van der Waals surface area contributed by atoms with E-state index in [0.29, 0.717) is 22.5 Å². The van der Waals surface area contributed by atoms with Gasteiger partial charge in [-0.15, -0.1) is 0 Å². The van der Waals surface area contributed by atoms with E-state index in [0.717, 1.165) is 0 Å². The molecule has 29 heavy (non-hydrogen) atoms. The number of nitrogens with two attached hydrogens (primary N) is 2. The van der Waals surface area contributed by atoms with E-state index in [1.54, 1.807) is 24.3 Å². The Morgan fingerprint density at radius 3 is 1.41 bits per heavy atom. The summed E-state index contributed by atoms with van der Waals surface area (Å²) in [6, 6.07) is 12.4. The molecule has 2 rings (SSSR count). The molecule has 2 amide bonds. The van der Waals surface area contributed by atoms with Gasteiger partial charge in [0.1, 0.15) is 6.54 Å². The normalized spacial score (nSPS) is 9.10. The van der Waals surface area contributed by atoms with Crippen molar-refractivity contribution in [2.24, 2.45) is 0 Å². The average Bonchev–Trinajstić information content (AvgIpc) is 2.65. The summed E-state index contributed by atoms with van der Waals surface area (Å²) in [5, 5.41) is 22.8. The van der Waals surface area contributed by atoms with Gasteiger partial charge in [-0.1, -0.05) is 0 Å². The van der Waals surface area contributed by atoms with Gasteiger partial charge in [0.05, 0.1) is 12.5 Å². The molecule has 0 aliphatic heterocycles. The van der Waals surface area contributed by atoms with Crippen molar-refractivity contribution in [1.82, 2.24) is 10.6 Å². The molecule has 10 nitrogen and oxygen atoms in total. The molecule has 11 heteroatoms. The Balaban J connectivity index is 0.000000523. The van der Waals surface area contributed by atoms with Crippen molar-refractivity contribution in [2.75, 3.05) is 24.6 Å². The van der Waals surface area contributed by atoms with Crippen molar-refractivity contribution in [2.45, 2.75) is 0 Å². The van der Waals surface area contributed by atoms with Crippen LogP contribution in [-0.2, 0) is 9.59 Å². The number of anilines is 2. The van der Waals surface area contributed by atoms with Crippen LogP contribution in [0.5, 0.6) is 0 Å². The predicted octanol–water partition coefficient (Wildman–Crippen LogP) is -4.16. The summed E-state index contributed by atoms with van der Waals surface area (Å²) in [5.41, 5.74) is 12.7. The fourth-order valence-electron chi connectivity index (χ4n) is 1.78. The quantitative estimate of drug-likeness (QED) is 0.234. The molecule has 0 spiro atoms. The van der Waals surface area contributed by atoms with Gasteiger partial charge in [0, 0.05) is 22.5 Å². The first-order valence-electron chi connectivity index (χ1n) is 7.88. The number of aliphatic carboxylic acids is 2. The largest absolute Gasteiger partial charge is 1.00 e. The molecule has 0 aromatic heterocycles. The monoisotopic (exact) mass is 410 g/mol. The maximum atomic E-state index is 11.2. The first kappa shape index (κ1) is 25.9. The fraction of sp³-hybridized carbons (Fsp3) is 0.111. The van der Waals surface area contributed by atoms with Gasteiger partial charge in [0.25, 0.3) is 11.8 Å². The molecule has 0 saturated carbocycles. The van der Waals surface area contributed by atoms with Crippen molar-refractivity contribution >= 4 is 35.1 Å². The molecule has 0 aliphatic carbocycles. The third-order valence-electron chi connectivity index (χ3n) is 3.14. The van der Waals surface area contributed by atoms with Crippen LogP contribution in [-0.4, -0.2) is 41.9 Å². The zero-order valence-corrected chi connectivity index (χ0v) is 17.7.